The van der Waals surface area contributed by atoms with Crippen molar-refractivity contribution < 1.29 is 10.0 Å². The lowest BCUT2D eigenvalue weighted by molar-refractivity contribution is -0.130. The van der Waals surface area contributed by atoms with Gasteiger partial charge in [-0.05, 0) is 30.9 Å². The van der Waals surface area contributed by atoms with E-state index in [1.165, 1.54) is 10.5 Å². The van der Waals surface area contributed by atoms with Gasteiger partial charge in [-0.25, -0.2) is 0 Å². The van der Waals surface area contributed by atoms with Crippen LogP contribution in [0.4, 0.5) is 0 Å². The summed E-state index contributed by atoms with van der Waals surface area (Å²) in [4.78, 5) is 15.6. The Labute approximate surface area is 121 Å². The first kappa shape index (κ1) is 13.3. The van der Waals surface area contributed by atoms with Gasteiger partial charge < -0.3 is 15.8 Å². The van der Waals surface area contributed by atoms with Crippen molar-refractivity contribution in [1.82, 2.24) is 4.90 Å². The van der Waals surface area contributed by atoms with E-state index in [1.807, 2.05) is 12.1 Å². The minimum Gasteiger partial charge on any atom is -0.409 e. The highest BCUT2D eigenvalue weighted by Gasteiger charge is 2.38. The third-order valence-electron chi connectivity index (χ3n) is 3.92. The van der Waals surface area contributed by atoms with Gasteiger partial charge in [-0.3, -0.25) is 4.79 Å². The highest BCUT2D eigenvalue weighted by Crippen LogP contribution is 2.38. The van der Waals surface area contributed by atoms with Crippen molar-refractivity contribution >= 4 is 23.5 Å². The molecule has 2 heterocycles. The number of amidine groups is 1. The number of carbonyl (C=O) groups is 1. The fourth-order valence-corrected chi connectivity index (χ4v) is 4.17. The highest BCUT2D eigenvalue weighted by molar-refractivity contribution is 8.01. The highest BCUT2D eigenvalue weighted by atomic mass is 32.2. The zero-order valence-corrected chi connectivity index (χ0v) is 11.8. The minimum atomic E-state index is -0.253. The summed E-state index contributed by atoms with van der Waals surface area (Å²) < 4.78 is 0. The van der Waals surface area contributed by atoms with Gasteiger partial charge >= 0.3 is 0 Å². The lowest BCUT2D eigenvalue weighted by atomic mass is 10.1. The van der Waals surface area contributed by atoms with Crippen molar-refractivity contribution in [2.75, 3.05) is 6.54 Å². The van der Waals surface area contributed by atoms with Crippen molar-refractivity contribution in [2.45, 2.75) is 35.4 Å². The molecule has 2 aliphatic heterocycles. The molecule has 20 heavy (non-hydrogen) atoms. The molecule has 0 radical (unpaired) electrons. The third kappa shape index (κ3) is 2.24. The van der Waals surface area contributed by atoms with Crippen LogP contribution in [-0.4, -0.2) is 39.7 Å². The molecular formula is C14H17N3O2S. The molecule has 0 aromatic heterocycles. The second kappa shape index (κ2) is 5.36. The van der Waals surface area contributed by atoms with Crippen molar-refractivity contribution in [3.05, 3.63) is 29.8 Å². The maximum absolute atomic E-state index is 12.7. The SMILES string of the molecule is NC(=NO)C1CCCN1C(=O)C1Cc2ccccc2S1. The van der Waals surface area contributed by atoms with Crippen molar-refractivity contribution in [3.63, 3.8) is 0 Å². The summed E-state index contributed by atoms with van der Waals surface area (Å²) in [7, 11) is 0. The number of fused-ring (bicyclic) bond motifs is 1. The van der Waals surface area contributed by atoms with E-state index in [9.17, 15) is 4.79 Å². The monoisotopic (exact) mass is 291 g/mol. The second-order valence-corrected chi connectivity index (χ2v) is 6.38. The van der Waals surface area contributed by atoms with E-state index >= 15 is 0 Å². The maximum Gasteiger partial charge on any atom is 0.237 e. The summed E-state index contributed by atoms with van der Waals surface area (Å²) in [5.41, 5.74) is 6.92. The zero-order chi connectivity index (χ0) is 14.1. The fraction of sp³-hybridized carbons (Fsp3) is 0.429. The average Bonchev–Trinajstić information content (AvgIpc) is 3.11. The molecule has 1 amide bonds. The molecule has 3 rings (SSSR count). The van der Waals surface area contributed by atoms with Crippen LogP contribution in [0.3, 0.4) is 0 Å². The normalized spacial score (nSPS) is 25.8. The van der Waals surface area contributed by atoms with Crippen LogP contribution in [0.15, 0.2) is 34.3 Å². The second-order valence-electron chi connectivity index (χ2n) is 5.13. The number of thioether (sulfide) groups is 1. The van der Waals surface area contributed by atoms with Gasteiger partial charge in [-0.1, -0.05) is 23.4 Å². The van der Waals surface area contributed by atoms with Gasteiger partial charge in [-0.15, -0.1) is 11.8 Å². The molecule has 0 spiro atoms. The molecule has 1 saturated heterocycles. The largest absolute Gasteiger partial charge is 0.409 e. The molecule has 1 fully saturated rings. The lowest BCUT2D eigenvalue weighted by Crippen LogP contribution is -2.47. The van der Waals surface area contributed by atoms with Crippen LogP contribution >= 0.6 is 11.8 Å². The molecule has 2 aliphatic rings. The molecule has 2 atom stereocenters. The number of hydrogen-bond acceptors (Lipinski definition) is 4. The van der Waals surface area contributed by atoms with E-state index in [4.69, 9.17) is 10.9 Å². The quantitative estimate of drug-likeness (QED) is 0.374. The summed E-state index contributed by atoms with van der Waals surface area (Å²) in [6.45, 7) is 0.688. The lowest BCUT2D eigenvalue weighted by Gasteiger charge is -2.26. The molecule has 5 nitrogen and oxygen atoms in total. The molecule has 0 aliphatic carbocycles. The summed E-state index contributed by atoms with van der Waals surface area (Å²) >= 11 is 1.62. The van der Waals surface area contributed by atoms with Gasteiger partial charge in [0.25, 0.3) is 0 Å². The van der Waals surface area contributed by atoms with E-state index in [0.29, 0.717) is 6.54 Å². The molecular weight excluding hydrogens is 274 g/mol. The number of carbonyl (C=O) groups excluding carboxylic acids is 1. The standard InChI is InChI=1S/C14H17N3O2S/c15-13(16-19)10-5-3-7-17(10)14(18)12-8-9-4-1-2-6-11(9)20-12/h1-2,4,6,10,12,19H,3,5,7-8H2,(H2,15,16). The summed E-state index contributed by atoms with van der Waals surface area (Å²) in [5.74, 6) is 0.233. The van der Waals surface area contributed by atoms with E-state index in [0.717, 1.165) is 19.3 Å². The Morgan fingerprint density at radius 2 is 2.25 bits per heavy atom. The van der Waals surface area contributed by atoms with Crippen LogP contribution in [0.5, 0.6) is 0 Å². The Kier molecular flexibility index (Phi) is 3.56. The molecule has 1 aromatic rings. The van der Waals surface area contributed by atoms with Gasteiger partial charge in [0.1, 0.15) is 0 Å². The third-order valence-corrected chi connectivity index (χ3v) is 5.22. The van der Waals surface area contributed by atoms with Crippen LogP contribution < -0.4 is 5.73 Å². The molecule has 0 saturated carbocycles. The first-order chi connectivity index (χ1) is 9.70. The van der Waals surface area contributed by atoms with Crippen molar-refractivity contribution in [3.8, 4) is 0 Å². The molecule has 106 valence electrons. The predicted octanol–water partition coefficient (Wildman–Crippen LogP) is 1.44. The summed E-state index contributed by atoms with van der Waals surface area (Å²) in [6, 6.07) is 7.87. The fourth-order valence-electron chi connectivity index (χ4n) is 2.91. The van der Waals surface area contributed by atoms with Gasteiger partial charge in [0, 0.05) is 11.4 Å². The first-order valence-corrected chi connectivity index (χ1v) is 7.61. The number of benzene rings is 1. The molecule has 1 aromatic carbocycles. The van der Waals surface area contributed by atoms with Crippen molar-refractivity contribution in [1.29, 1.82) is 0 Å². The van der Waals surface area contributed by atoms with E-state index in [-0.39, 0.29) is 23.0 Å². The van der Waals surface area contributed by atoms with Gasteiger partial charge in [0.05, 0.1) is 11.3 Å². The number of oxime groups is 1. The topological polar surface area (TPSA) is 78.9 Å². The zero-order valence-electron chi connectivity index (χ0n) is 11.0. The van der Waals surface area contributed by atoms with Crippen molar-refractivity contribution in [2.24, 2.45) is 10.9 Å². The Morgan fingerprint density at radius 1 is 1.45 bits per heavy atom. The van der Waals surface area contributed by atoms with Gasteiger partial charge in [0.2, 0.25) is 5.91 Å². The minimum absolute atomic E-state index is 0.0838. The summed E-state index contributed by atoms with van der Waals surface area (Å²) in [5, 5.41) is 11.8. The Morgan fingerprint density at radius 3 is 3.00 bits per heavy atom. The number of nitrogens with zero attached hydrogens (tertiary/aromatic N) is 2. The number of nitrogens with two attached hydrogens (primary N) is 1. The smallest absolute Gasteiger partial charge is 0.237 e. The molecule has 0 bridgehead atoms. The first-order valence-electron chi connectivity index (χ1n) is 6.73. The van der Waals surface area contributed by atoms with E-state index < -0.39 is 0 Å². The van der Waals surface area contributed by atoms with E-state index in [1.54, 1.807) is 16.7 Å². The van der Waals surface area contributed by atoms with Crippen LogP contribution in [0.25, 0.3) is 0 Å². The molecule has 6 heteroatoms. The van der Waals surface area contributed by atoms with Crippen LogP contribution in [0, 0.1) is 0 Å². The maximum atomic E-state index is 12.7. The predicted molar refractivity (Wildman–Crippen MR) is 77.9 cm³/mol. The Bertz CT molecular complexity index is 536. The van der Waals surface area contributed by atoms with Gasteiger partial charge in [-0.2, -0.15) is 0 Å². The molecule has 2 unspecified atom stereocenters. The molecule has 3 N–H and O–H groups in total. The van der Waals surface area contributed by atoms with Gasteiger partial charge in [0.15, 0.2) is 5.84 Å². The number of hydrogen-bond donors (Lipinski definition) is 2. The van der Waals surface area contributed by atoms with Crippen LogP contribution in [-0.2, 0) is 11.2 Å². The van der Waals surface area contributed by atoms with E-state index in [2.05, 4.69) is 17.3 Å². The Hall–Kier alpha value is -1.69. The van der Waals surface area contributed by atoms with Crippen LogP contribution in [0.2, 0.25) is 0 Å². The number of amides is 1. The number of rotatable bonds is 2. The number of likely N-dealkylation sites (tertiary alicyclic amines) is 1. The summed E-state index contributed by atoms with van der Waals surface area (Å²) in [6.07, 6.45) is 2.43. The Balaban J connectivity index is 1.75. The average molecular weight is 291 g/mol. The van der Waals surface area contributed by atoms with Crippen LogP contribution in [0.1, 0.15) is 18.4 Å².